The zero-order chi connectivity index (χ0) is 15.9. The van der Waals surface area contributed by atoms with E-state index in [9.17, 15) is 9.18 Å². The van der Waals surface area contributed by atoms with Gasteiger partial charge in [-0.15, -0.1) is 0 Å². The molecule has 22 heavy (non-hydrogen) atoms. The number of aromatic nitrogens is 1. The maximum Gasteiger partial charge on any atom is 0.224 e. The number of benzene rings is 1. The molecule has 2 heterocycles. The molecule has 0 fully saturated rings. The lowest BCUT2D eigenvalue weighted by atomic mass is 10.0. The lowest BCUT2D eigenvalue weighted by Crippen LogP contribution is -2.29. The number of anilines is 1. The van der Waals surface area contributed by atoms with E-state index in [0.717, 1.165) is 5.56 Å². The highest BCUT2D eigenvalue weighted by atomic mass is 35.5. The van der Waals surface area contributed by atoms with Gasteiger partial charge in [-0.1, -0.05) is 35.3 Å². The molecule has 1 aromatic carbocycles. The molecule has 0 saturated carbocycles. The van der Waals surface area contributed by atoms with E-state index in [4.69, 9.17) is 23.2 Å². The third kappa shape index (κ3) is 2.72. The van der Waals surface area contributed by atoms with Crippen molar-refractivity contribution in [3.05, 3.63) is 57.1 Å². The maximum absolute atomic E-state index is 13.7. The number of rotatable bonds is 0. The topological polar surface area (TPSA) is 33.2 Å². The van der Waals surface area contributed by atoms with Gasteiger partial charge in [0.2, 0.25) is 5.91 Å². The normalized spacial score (nSPS) is 14.6. The SMILES string of the molecule is CC(=O)N1Cc2cc(F)c(Cl)nc2/C=C\c2ccc(Cl)cc21. The largest absolute Gasteiger partial charge is 0.308 e. The predicted octanol–water partition coefficient (Wildman–Crippen LogP) is 4.56. The van der Waals surface area contributed by atoms with Gasteiger partial charge in [-0.2, -0.15) is 0 Å². The molecular weight excluding hydrogens is 326 g/mol. The zero-order valence-electron chi connectivity index (χ0n) is 11.6. The average Bonchev–Trinajstić information content (AvgIpc) is 2.45. The highest BCUT2D eigenvalue weighted by Gasteiger charge is 2.20. The van der Waals surface area contributed by atoms with Crippen molar-refractivity contribution in [2.45, 2.75) is 13.5 Å². The second kappa shape index (κ2) is 5.71. The summed E-state index contributed by atoms with van der Waals surface area (Å²) in [5.41, 5.74) is 2.63. The van der Waals surface area contributed by atoms with Crippen LogP contribution in [0.3, 0.4) is 0 Å². The fourth-order valence-corrected chi connectivity index (χ4v) is 2.70. The summed E-state index contributed by atoms with van der Waals surface area (Å²) >= 11 is 11.8. The number of hydrogen-bond acceptors (Lipinski definition) is 2. The van der Waals surface area contributed by atoms with Crippen molar-refractivity contribution in [2.75, 3.05) is 4.90 Å². The number of nitrogens with zero attached hydrogens (tertiary/aromatic N) is 2. The van der Waals surface area contributed by atoms with Crippen LogP contribution in [0.5, 0.6) is 0 Å². The molecule has 0 spiro atoms. The third-order valence-electron chi connectivity index (χ3n) is 3.46. The Morgan fingerprint density at radius 2 is 2.05 bits per heavy atom. The molecule has 0 bridgehead atoms. The number of carbonyl (C=O) groups is 1. The Balaban J connectivity index is 2.22. The van der Waals surface area contributed by atoms with E-state index in [1.165, 1.54) is 13.0 Å². The Hall–Kier alpha value is -1.91. The Morgan fingerprint density at radius 3 is 2.77 bits per heavy atom. The molecule has 1 aromatic heterocycles. The fraction of sp³-hybridized carbons (Fsp3) is 0.125. The molecule has 1 amide bonds. The van der Waals surface area contributed by atoms with Crippen LogP contribution in [0.2, 0.25) is 10.2 Å². The van der Waals surface area contributed by atoms with Gasteiger partial charge in [0.15, 0.2) is 11.0 Å². The first-order chi connectivity index (χ1) is 10.5. The van der Waals surface area contributed by atoms with Gasteiger partial charge in [0.25, 0.3) is 0 Å². The molecule has 0 unspecified atom stereocenters. The molecule has 0 saturated heterocycles. The van der Waals surface area contributed by atoms with Crippen LogP contribution < -0.4 is 4.90 Å². The summed E-state index contributed by atoms with van der Waals surface area (Å²) in [5.74, 6) is -0.774. The van der Waals surface area contributed by atoms with Crippen LogP contribution in [-0.4, -0.2) is 10.9 Å². The first-order valence-corrected chi connectivity index (χ1v) is 7.32. The second-order valence-corrected chi connectivity index (χ2v) is 5.74. The van der Waals surface area contributed by atoms with E-state index >= 15 is 0 Å². The van der Waals surface area contributed by atoms with Gasteiger partial charge in [-0.25, -0.2) is 9.37 Å². The van der Waals surface area contributed by atoms with Crippen LogP contribution in [0.25, 0.3) is 12.2 Å². The summed E-state index contributed by atoms with van der Waals surface area (Å²) in [6.07, 6.45) is 3.56. The molecule has 112 valence electrons. The minimum atomic E-state index is -0.607. The molecule has 0 radical (unpaired) electrons. The Kier molecular flexibility index (Phi) is 3.89. The number of hydrogen-bond donors (Lipinski definition) is 0. The highest BCUT2D eigenvalue weighted by molar-refractivity contribution is 6.31. The van der Waals surface area contributed by atoms with E-state index < -0.39 is 5.82 Å². The summed E-state index contributed by atoms with van der Waals surface area (Å²) in [4.78, 5) is 17.6. The number of pyridine rings is 1. The van der Waals surface area contributed by atoms with Gasteiger partial charge in [0.1, 0.15) is 0 Å². The molecule has 0 aliphatic carbocycles. The number of carbonyl (C=O) groups excluding carboxylic acids is 1. The summed E-state index contributed by atoms with van der Waals surface area (Å²) in [5, 5.41) is 0.342. The summed E-state index contributed by atoms with van der Waals surface area (Å²) < 4.78 is 13.7. The van der Waals surface area contributed by atoms with E-state index in [-0.39, 0.29) is 17.6 Å². The molecule has 1 aliphatic heterocycles. The minimum Gasteiger partial charge on any atom is -0.308 e. The van der Waals surface area contributed by atoms with Crippen molar-refractivity contribution in [2.24, 2.45) is 0 Å². The highest BCUT2D eigenvalue weighted by Crippen LogP contribution is 2.31. The van der Waals surface area contributed by atoms with Gasteiger partial charge in [-0.05, 0) is 29.8 Å². The Morgan fingerprint density at radius 1 is 1.27 bits per heavy atom. The Labute approximate surface area is 137 Å². The fourth-order valence-electron chi connectivity index (χ4n) is 2.39. The molecule has 0 atom stereocenters. The summed E-state index contributed by atoms with van der Waals surface area (Å²) in [6, 6.07) is 6.59. The maximum atomic E-state index is 13.7. The van der Waals surface area contributed by atoms with Gasteiger partial charge in [-0.3, -0.25) is 4.79 Å². The lowest BCUT2D eigenvalue weighted by molar-refractivity contribution is -0.116. The van der Waals surface area contributed by atoms with Crippen LogP contribution in [0.4, 0.5) is 10.1 Å². The van der Waals surface area contributed by atoms with Gasteiger partial charge < -0.3 is 4.90 Å². The number of halogens is 3. The summed E-state index contributed by atoms with van der Waals surface area (Å²) in [7, 11) is 0. The second-order valence-electron chi connectivity index (χ2n) is 4.95. The molecule has 2 aromatic rings. The minimum absolute atomic E-state index is 0.167. The Bertz CT molecular complexity index is 805. The van der Waals surface area contributed by atoms with Gasteiger partial charge in [0, 0.05) is 17.5 Å². The molecule has 0 N–H and O–H groups in total. The monoisotopic (exact) mass is 336 g/mol. The predicted molar refractivity (Wildman–Crippen MR) is 86.4 cm³/mol. The first kappa shape index (κ1) is 15.0. The van der Waals surface area contributed by atoms with Crippen molar-refractivity contribution in [3.8, 4) is 0 Å². The lowest BCUT2D eigenvalue weighted by Gasteiger charge is -2.25. The zero-order valence-corrected chi connectivity index (χ0v) is 13.1. The summed E-state index contributed by atoms with van der Waals surface area (Å²) in [6.45, 7) is 1.65. The van der Waals surface area contributed by atoms with Crippen LogP contribution in [0, 0.1) is 5.82 Å². The number of fused-ring (bicyclic) bond motifs is 2. The molecule has 3 rings (SSSR count). The molecule has 1 aliphatic rings. The van der Waals surface area contributed by atoms with Crippen molar-refractivity contribution >= 4 is 46.9 Å². The van der Waals surface area contributed by atoms with Crippen molar-refractivity contribution in [1.29, 1.82) is 0 Å². The number of amides is 1. The van der Waals surface area contributed by atoms with Crippen molar-refractivity contribution in [3.63, 3.8) is 0 Å². The van der Waals surface area contributed by atoms with Crippen molar-refractivity contribution in [1.82, 2.24) is 4.98 Å². The first-order valence-electron chi connectivity index (χ1n) is 6.56. The average molecular weight is 337 g/mol. The van der Waals surface area contributed by atoms with E-state index in [2.05, 4.69) is 4.98 Å². The van der Waals surface area contributed by atoms with Gasteiger partial charge >= 0.3 is 0 Å². The molecule has 3 nitrogen and oxygen atoms in total. The van der Waals surface area contributed by atoms with Crippen LogP contribution >= 0.6 is 23.2 Å². The van der Waals surface area contributed by atoms with Gasteiger partial charge in [0.05, 0.1) is 17.9 Å². The van der Waals surface area contributed by atoms with E-state index in [1.807, 2.05) is 6.07 Å². The molecule has 6 heteroatoms. The standard InChI is InChI=1S/C16H11Cl2FN2O/c1-9(22)21-8-11-6-13(19)16(18)20-14(11)5-3-10-2-4-12(17)7-15(10)21/h2-7H,8H2,1H3/b5-3-. The van der Waals surface area contributed by atoms with Crippen molar-refractivity contribution < 1.29 is 9.18 Å². The van der Waals surface area contributed by atoms with E-state index in [1.54, 1.807) is 29.2 Å². The van der Waals surface area contributed by atoms with Crippen LogP contribution in [0.15, 0.2) is 24.3 Å². The third-order valence-corrected chi connectivity index (χ3v) is 3.96. The quantitative estimate of drug-likeness (QED) is 0.660. The van der Waals surface area contributed by atoms with Crippen LogP contribution in [-0.2, 0) is 11.3 Å². The molecular formula is C16H11Cl2FN2O. The van der Waals surface area contributed by atoms with Crippen LogP contribution in [0.1, 0.15) is 23.7 Å². The smallest absolute Gasteiger partial charge is 0.224 e. The van der Waals surface area contributed by atoms with E-state index in [0.29, 0.717) is 22.0 Å².